The summed E-state index contributed by atoms with van der Waals surface area (Å²) in [6, 6.07) is 3.83. The Bertz CT molecular complexity index is 1250. The third kappa shape index (κ3) is 6.66. The molecule has 0 unspecified atom stereocenters. The predicted octanol–water partition coefficient (Wildman–Crippen LogP) is 5.83. The van der Waals surface area contributed by atoms with Crippen molar-refractivity contribution in [1.29, 1.82) is 0 Å². The Morgan fingerprint density at radius 1 is 1.19 bits per heavy atom. The van der Waals surface area contributed by atoms with E-state index in [-0.39, 0.29) is 45.2 Å². The van der Waals surface area contributed by atoms with Gasteiger partial charge in [-0.3, -0.25) is 9.48 Å². The average Bonchev–Trinajstić information content (AvgIpc) is 3.12. The molecule has 1 heterocycles. The SMILES string of the molecule is CCn1nc(C(=O)NCC2CCC(S(C)(=O)=O)CC2)c(Cl)c1-c1ccc(CC(C)(C)C(F)(F)F)cc1F. The number of hydrogen-bond donors (Lipinski definition) is 1. The fourth-order valence-corrected chi connectivity index (χ4v) is 6.08. The zero-order chi connectivity index (χ0) is 27.8. The van der Waals surface area contributed by atoms with Crippen LogP contribution in [0.2, 0.25) is 5.02 Å². The minimum Gasteiger partial charge on any atom is -0.350 e. The van der Waals surface area contributed by atoms with E-state index >= 15 is 4.39 Å². The Labute approximate surface area is 219 Å². The maximum absolute atomic E-state index is 15.1. The first-order valence-corrected chi connectivity index (χ1v) is 14.5. The van der Waals surface area contributed by atoms with E-state index in [9.17, 15) is 26.4 Å². The van der Waals surface area contributed by atoms with Crippen molar-refractivity contribution in [2.45, 2.75) is 70.8 Å². The second-order valence-corrected chi connectivity index (χ2v) is 13.1. The van der Waals surface area contributed by atoms with Gasteiger partial charge >= 0.3 is 6.18 Å². The Hall–Kier alpha value is -2.14. The lowest BCUT2D eigenvalue weighted by Gasteiger charge is -2.27. The van der Waals surface area contributed by atoms with Crippen LogP contribution in [0.5, 0.6) is 0 Å². The number of carbonyl (C=O) groups excluding carboxylic acids is 1. The number of rotatable bonds is 8. The number of nitrogens with zero attached hydrogens (tertiary/aromatic N) is 2. The van der Waals surface area contributed by atoms with E-state index in [0.29, 0.717) is 32.2 Å². The van der Waals surface area contributed by atoms with Gasteiger partial charge in [-0.1, -0.05) is 31.5 Å². The lowest BCUT2D eigenvalue weighted by molar-refractivity contribution is -0.211. The van der Waals surface area contributed by atoms with Crippen molar-refractivity contribution in [3.05, 3.63) is 40.3 Å². The molecule has 1 aliphatic rings. The number of carbonyl (C=O) groups is 1. The van der Waals surface area contributed by atoms with Crippen LogP contribution in [-0.4, -0.2) is 48.3 Å². The van der Waals surface area contributed by atoms with E-state index in [1.807, 2.05) is 0 Å². The highest BCUT2D eigenvalue weighted by Gasteiger charge is 2.47. The molecule has 6 nitrogen and oxygen atoms in total. The standard InChI is InChI=1S/C25H32ClF4N3O3S/c1-5-33-22(18-11-8-16(12-19(18)27)13-24(2,3)25(28,29)30)20(26)21(32-33)23(34)31-14-15-6-9-17(10-7-15)37(4,35)36/h8,11-12,15,17H,5-7,9-10,13-14H2,1-4H3,(H,31,34). The van der Waals surface area contributed by atoms with Gasteiger partial charge in [0.05, 0.1) is 21.4 Å². The van der Waals surface area contributed by atoms with Crippen molar-refractivity contribution in [2.75, 3.05) is 12.8 Å². The van der Waals surface area contributed by atoms with Crippen molar-refractivity contribution in [2.24, 2.45) is 11.3 Å². The van der Waals surface area contributed by atoms with Gasteiger partial charge in [0.25, 0.3) is 5.91 Å². The van der Waals surface area contributed by atoms with E-state index in [1.54, 1.807) is 6.92 Å². The first kappa shape index (κ1) is 29.4. The maximum atomic E-state index is 15.1. The maximum Gasteiger partial charge on any atom is 0.394 e. The molecular weight excluding hydrogens is 534 g/mol. The van der Waals surface area contributed by atoms with E-state index in [1.165, 1.54) is 23.1 Å². The summed E-state index contributed by atoms with van der Waals surface area (Å²) in [5.74, 6) is -1.17. The van der Waals surface area contributed by atoms with Crippen LogP contribution >= 0.6 is 11.6 Å². The minimum atomic E-state index is -4.44. The average molecular weight is 566 g/mol. The number of alkyl halides is 3. The van der Waals surface area contributed by atoms with E-state index in [0.717, 1.165) is 19.9 Å². The molecule has 12 heteroatoms. The van der Waals surface area contributed by atoms with E-state index in [2.05, 4.69) is 10.4 Å². The summed E-state index contributed by atoms with van der Waals surface area (Å²) in [6.45, 7) is 4.47. The predicted molar refractivity (Wildman–Crippen MR) is 135 cm³/mol. The molecule has 3 rings (SSSR count). The van der Waals surface area contributed by atoms with Crippen molar-refractivity contribution in [1.82, 2.24) is 15.1 Å². The summed E-state index contributed by atoms with van der Waals surface area (Å²) in [7, 11) is -3.08. The minimum absolute atomic E-state index is 0.0334. The van der Waals surface area contributed by atoms with Crippen molar-refractivity contribution < 1.29 is 30.8 Å². The van der Waals surface area contributed by atoms with Gasteiger partial charge < -0.3 is 5.32 Å². The lowest BCUT2D eigenvalue weighted by atomic mass is 9.85. The number of sulfone groups is 1. The molecule has 1 fully saturated rings. The summed E-state index contributed by atoms with van der Waals surface area (Å²) in [4.78, 5) is 12.9. The third-order valence-electron chi connectivity index (χ3n) is 7.06. The van der Waals surface area contributed by atoms with Crippen LogP contribution in [0.1, 0.15) is 62.5 Å². The molecule has 1 saturated carbocycles. The summed E-state index contributed by atoms with van der Waals surface area (Å²) >= 11 is 6.48. The van der Waals surface area contributed by atoms with Gasteiger partial charge in [-0.05, 0) is 62.6 Å². The number of amides is 1. The molecule has 0 radical (unpaired) electrons. The number of nitrogens with one attached hydrogen (secondary N) is 1. The number of aromatic nitrogens is 2. The molecule has 0 atom stereocenters. The zero-order valence-corrected chi connectivity index (χ0v) is 22.8. The van der Waals surface area contributed by atoms with Gasteiger partial charge in [-0.25, -0.2) is 12.8 Å². The van der Waals surface area contributed by atoms with Gasteiger partial charge in [-0.15, -0.1) is 0 Å². The number of halogens is 5. The van der Waals surface area contributed by atoms with Crippen LogP contribution in [0.4, 0.5) is 17.6 Å². The van der Waals surface area contributed by atoms with Crippen molar-refractivity contribution in [3.8, 4) is 11.3 Å². The second-order valence-electron chi connectivity index (χ2n) is 10.4. The summed E-state index contributed by atoms with van der Waals surface area (Å²) in [6.07, 6.45) is -1.17. The molecule has 206 valence electrons. The van der Waals surface area contributed by atoms with Gasteiger partial charge in [0.2, 0.25) is 0 Å². The Morgan fingerprint density at radius 3 is 2.32 bits per heavy atom. The monoisotopic (exact) mass is 565 g/mol. The molecule has 2 aromatic rings. The largest absolute Gasteiger partial charge is 0.394 e. The third-order valence-corrected chi connectivity index (χ3v) is 9.10. The van der Waals surface area contributed by atoms with Crippen molar-refractivity contribution in [3.63, 3.8) is 0 Å². The summed E-state index contributed by atoms with van der Waals surface area (Å²) in [5.41, 5.74) is -1.72. The molecule has 37 heavy (non-hydrogen) atoms. The van der Waals surface area contributed by atoms with Gasteiger partial charge in [-0.2, -0.15) is 18.3 Å². The van der Waals surface area contributed by atoms with Crippen LogP contribution < -0.4 is 5.32 Å². The van der Waals surface area contributed by atoms with E-state index < -0.39 is 39.6 Å². The fraction of sp³-hybridized carbons (Fsp3) is 0.600. The van der Waals surface area contributed by atoms with Crippen LogP contribution in [0.25, 0.3) is 11.3 Å². The summed E-state index contributed by atoms with van der Waals surface area (Å²) in [5, 5.41) is 6.64. The van der Waals surface area contributed by atoms with Crippen LogP contribution in [0, 0.1) is 17.2 Å². The van der Waals surface area contributed by atoms with Crippen LogP contribution in [0.3, 0.4) is 0 Å². The highest BCUT2D eigenvalue weighted by Crippen LogP contribution is 2.41. The van der Waals surface area contributed by atoms with Crippen LogP contribution in [0.15, 0.2) is 18.2 Å². The molecule has 0 bridgehead atoms. The quantitative estimate of drug-likeness (QED) is 0.409. The molecule has 0 aliphatic heterocycles. The smallest absolute Gasteiger partial charge is 0.350 e. The molecule has 1 aliphatic carbocycles. The molecule has 1 aromatic carbocycles. The lowest BCUT2D eigenvalue weighted by Crippen LogP contribution is -2.34. The fourth-order valence-electron chi connectivity index (χ4n) is 4.63. The summed E-state index contributed by atoms with van der Waals surface area (Å²) < 4.78 is 79.7. The molecule has 1 amide bonds. The first-order chi connectivity index (χ1) is 17.0. The number of aryl methyl sites for hydroxylation is 1. The first-order valence-electron chi connectivity index (χ1n) is 12.1. The van der Waals surface area contributed by atoms with Crippen molar-refractivity contribution >= 4 is 27.3 Å². The normalized spacial score (nSPS) is 19.2. The number of benzene rings is 1. The zero-order valence-electron chi connectivity index (χ0n) is 21.3. The Kier molecular flexibility index (Phi) is 8.68. The second kappa shape index (κ2) is 10.9. The Balaban J connectivity index is 1.76. The highest BCUT2D eigenvalue weighted by atomic mass is 35.5. The van der Waals surface area contributed by atoms with Gasteiger partial charge in [0.15, 0.2) is 5.69 Å². The topological polar surface area (TPSA) is 81.1 Å². The number of hydrogen-bond acceptors (Lipinski definition) is 4. The molecule has 1 N–H and O–H groups in total. The Morgan fingerprint density at radius 2 is 1.81 bits per heavy atom. The van der Waals surface area contributed by atoms with Gasteiger partial charge in [0.1, 0.15) is 15.7 Å². The highest BCUT2D eigenvalue weighted by molar-refractivity contribution is 7.91. The molecule has 0 spiro atoms. The van der Waals surface area contributed by atoms with Crippen LogP contribution in [-0.2, 0) is 22.8 Å². The van der Waals surface area contributed by atoms with E-state index in [4.69, 9.17) is 11.6 Å². The van der Waals surface area contributed by atoms with Gasteiger partial charge in [0, 0.05) is 24.9 Å². The molecule has 1 aromatic heterocycles. The molecule has 0 saturated heterocycles. The molecular formula is C25H32ClF4N3O3S.